The molecule has 0 saturated carbocycles. The summed E-state index contributed by atoms with van der Waals surface area (Å²) in [5.41, 5.74) is 2.52. The van der Waals surface area contributed by atoms with E-state index in [0.717, 1.165) is 16.9 Å². The summed E-state index contributed by atoms with van der Waals surface area (Å²) in [5, 5.41) is 10.8. The second-order valence-corrected chi connectivity index (χ2v) is 8.42. The summed E-state index contributed by atoms with van der Waals surface area (Å²) >= 11 is 0.211. The number of carbonyl (C=O) groups excluding carboxylic acids is 1. The van der Waals surface area contributed by atoms with Crippen molar-refractivity contribution >= 4 is 39.8 Å². The van der Waals surface area contributed by atoms with E-state index in [1.807, 2.05) is 32.0 Å². The number of nitrogens with zero attached hydrogens (tertiary/aromatic N) is 3. The van der Waals surface area contributed by atoms with Crippen molar-refractivity contribution in [3.8, 4) is 11.5 Å². The molecular formula is C23H19F3N4O3S. The minimum absolute atomic E-state index is 0.174. The Morgan fingerprint density at radius 3 is 2.62 bits per heavy atom. The largest absolute Gasteiger partial charge is 0.490 e. The van der Waals surface area contributed by atoms with Gasteiger partial charge in [0.2, 0.25) is 10.2 Å². The first kappa shape index (κ1) is 23.6. The predicted octanol–water partition coefficient (Wildman–Crippen LogP) is 4.94. The van der Waals surface area contributed by atoms with Gasteiger partial charge in [-0.2, -0.15) is 28.3 Å². The van der Waals surface area contributed by atoms with Crippen molar-refractivity contribution in [2.24, 2.45) is 10.1 Å². The molecule has 2 aromatic rings. The Hall–Kier alpha value is -3.60. The van der Waals surface area contributed by atoms with Crippen LogP contribution in [0.15, 0.2) is 58.1 Å². The lowest BCUT2D eigenvalue weighted by Gasteiger charge is -2.20. The summed E-state index contributed by atoms with van der Waals surface area (Å²) in [6, 6.07) is 12.6. The Bertz CT molecular complexity index is 1250. The van der Waals surface area contributed by atoms with E-state index in [2.05, 4.69) is 10.1 Å². The second kappa shape index (κ2) is 9.34. The predicted molar refractivity (Wildman–Crippen MR) is 124 cm³/mol. The lowest BCUT2D eigenvalue weighted by atomic mass is 10.1. The van der Waals surface area contributed by atoms with Crippen LogP contribution in [-0.2, 0) is 4.79 Å². The Morgan fingerprint density at radius 2 is 1.88 bits per heavy atom. The number of ether oxygens (including phenoxy) is 2. The molecule has 1 N–H and O–H groups in total. The number of hydrogen-bond donors (Lipinski definition) is 1. The van der Waals surface area contributed by atoms with Crippen LogP contribution in [0.4, 0.5) is 13.2 Å². The molecule has 0 atom stereocenters. The Kier molecular flexibility index (Phi) is 6.47. The van der Waals surface area contributed by atoms with E-state index in [9.17, 15) is 18.0 Å². The van der Waals surface area contributed by atoms with Gasteiger partial charge in [-0.3, -0.25) is 10.2 Å². The lowest BCUT2D eigenvalue weighted by Crippen LogP contribution is -2.35. The maximum Gasteiger partial charge on any atom is 0.441 e. The van der Waals surface area contributed by atoms with Gasteiger partial charge in [0.25, 0.3) is 5.91 Å². The quantitative estimate of drug-likeness (QED) is 0.460. The number of alkyl halides is 3. The molecule has 2 aliphatic rings. The van der Waals surface area contributed by atoms with Crippen LogP contribution < -0.4 is 9.47 Å². The number of hydrogen-bond acceptors (Lipinski definition) is 6. The molecule has 0 aliphatic carbocycles. The smallest absolute Gasteiger partial charge is 0.441 e. The van der Waals surface area contributed by atoms with Gasteiger partial charge < -0.3 is 9.47 Å². The topological polar surface area (TPSA) is 87.3 Å². The number of benzene rings is 2. The Morgan fingerprint density at radius 1 is 1.12 bits per heavy atom. The van der Waals surface area contributed by atoms with Crippen molar-refractivity contribution in [3.05, 3.63) is 64.7 Å². The number of nitrogens with one attached hydrogen (secondary N) is 1. The van der Waals surface area contributed by atoms with E-state index in [4.69, 9.17) is 14.9 Å². The van der Waals surface area contributed by atoms with Crippen LogP contribution in [0, 0.1) is 19.3 Å². The number of rotatable bonds is 6. The number of carbonyl (C=O) groups is 1. The summed E-state index contributed by atoms with van der Waals surface area (Å²) in [5.74, 6) is -0.00415. The van der Waals surface area contributed by atoms with Crippen LogP contribution >= 0.6 is 11.8 Å². The van der Waals surface area contributed by atoms with Crippen LogP contribution in [0.5, 0.6) is 11.5 Å². The number of amidine groups is 2. The van der Waals surface area contributed by atoms with E-state index in [1.54, 1.807) is 24.3 Å². The van der Waals surface area contributed by atoms with Crippen LogP contribution in [0.3, 0.4) is 0 Å². The monoisotopic (exact) mass is 488 g/mol. The van der Waals surface area contributed by atoms with Gasteiger partial charge in [0.15, 0.2) is 5.84 Å². The zero-order valence-corrected chi connectivity index (χ0v) is 19.0. The highest BCUT2D eigenvalue weighted by Crippen LogP contribution is 2.35. The highest BCUT2D eigenvalue weighted by Gasteiger charge is 2.46. The average Bonchev–Trinajstić information content (AvgIpc) is 3.20. The summed E-state index contributed by atoms with van der Waals surface area (Å²) in [4.78, 5) is 16.0. The Labute approximate surface area is 197 Å². The van der Waals surface area contributed by atoms with Crippen molar-refractivity contribution in [1.29, 1.82) is 5.41 Å². The van der Waals surface area contributed by atoms with Crippen molar-refractivity contribution in [1.82, 2.24) is 5.01 Å². The molecule has 0 saturated heterocycles. The minimum Gasteiger partial charge on any atom is -0.490 e. The molecule has 0 radical (unpaired) electrons. The van der Waals surface area contributed by atoms with Gasteiger partial charge in [-0.15, -0.1) is 0 Å². The van der Waals surface area contributed by atoms with Gasteiger partial charge in [0.05, 0.1) is 5.57 Å². The molecule has 0 fully saturated rings. The third-order valence-electron chi connectivity index (χ3n) is 4.81. The van der Waals surface area contributed by atoms with Gasteiger partial charge in [-0.05, 0) is 61.0 Å². The van der Waals surface area contributed by atoms with Crippen LogP contribution in [0.1, 0.15) is 16.7 Å². The molecule has 0 spiro atoms. The van der Waals surface area contributed by atoms with Crippen molar-refractivity contribution < 1.29 is 27.4 Å². The standard InChI is InChI=1S/C23H19F3N4O3S/c1-13-6-7-18(14(2)10-13)33-9-8-32-16-5-3-4-15(11-16)12-17-19(27)30-22(28-20(17)31)34-21(29-30)23(24,25)26/h3-7,10-12,27H,8-9H2,1-2H3/b17-12-,27-19?. The first-order chi connectivity index (χ1) is 16.1. The van der Waals surface area contributed by atoms with Gasteiger partial charge in [0, 0.05) is 0 Å². The molecule has 0 unspecified atom stereocenters. The summed E-state index contributed by atoms with van der Waals surface area (Å²) in [7, 11) is 0. The fourth-order valence-electron chi connectivity index (χ4n) is 3.24. The molecule has 2 aliphatic heterocycles. The molecule has 4 rings (SSSR count). The van der Waals surface area contributed by atoms with Crippen molar-refractivity contribution in [2.45, 2.75) is 20.0 Å². The highest BCUT2D eigenvalue weighted by atomic mass is 32.2. The van der Waals surface area contributed by atoms with Gasteiger partial charge >= 0.3 is 6.18 Å². The first-order valence-corrected chi connectivity index (χ1v) is 10.9. The van der Waals surface area contributed by atoms with E-state index < -0.39 is 23.0 Å². The molecule has 0 bridgehead atoms. The van der Waals surface area contributed by atoms with Crippen LogP contribution in [-0.4, -0.2) is 46.4 Å². The third-order valence-corrected chi connectivity index (χ3v) is 5.76. The average molecular weight is 488 g/mol. The number of thioether (sulfide) groups is 1. The summed E-state index contributed by atoms with van der Waals surface area (Å²) in [6.07, 6.45) is -3.32. The molecule has 1 amide bonds. The molecule has 7 nitrogen and oxygen atoms in total. The summed E-state index contributed by atoms with van der Waals surface area (Å²) < 4.78 is 50.3. The molecule has 0 aromatic heterocycles. The zero-order chi connectivity index (χ0) is 24.5. The second-order valence-electron chi connectivity index (χ2n) is 7.46. The first-order valence-electron chi connectivity index (χ1n) is 10.1. The minimum atomic E-state index is -4.69. The van der Waals surface area contributed by atoms with E-state index in [0.29, 0.717) is 22.9 Å². The number of amides is 1. The fraction of sp³-hybridized carbons (Fsp3) is 0.217. The van der Waals surface area contributed by atoms with Crippen molar-refractivity contribution in [3.63, 3.8) is 0 Å². The fourth-order valence-corrected chi connectivity index (χ4v) is 4.00. The zero-order valence-electron chi connectivity index (χ0n) is 18.1. The van der Waals surface area contributed by atoms with E-state index >= 15 is 0 Å². The van der Waals surface area contributed by atoms with Crippen molar-refractivity contribution in [2.75, 3.05) is 13.2 Å². The van der Waals surface area contributed by atoms with Gasteiger partial charge in [0.1, 0.15) is 24.7 Å². The normalized spacial score (nSPS) is 17.0. The van der Waals surface area contributed by atoms with E-state index in [-0.39, 0.29) is 29.1 Å². The number of halogens is 3. The molecule has 2 heterocycles. The van der Waals surface area contributed by atoms with Gasteiger partial charge in [-0.25, -0.2) is 0 Å². The van der Waals surface area contributed by atoms with Gasteiger partial charge in [-0.1, -0.05) is 29.8 Å². The summed E-state index contributed by atoms with van der Waals surface area (Å²) in [6.45, 7) is 4.57. The highest BCUT2D eigenvalue weighted by molar-refractivity contribution is 8.27. The number of hydrazone groups is 1. The number of fused-ring (bicyclic) bond motifs is 1. The Balaban J connectivity index is 1.42. The third kappa shape index (κ3) is 5.14. The number of aliphatic imine (C=N–C) groups is 1. The molecule has 11 heteroatoms. The van der Waals surface area contributed by atoms with Crippen LogP contribution in [0.2, 0.25) is 0 Å². The lowest BCUT2D eigenvalue weighted by molar-refractivity contribution is -0.114. The maximum atomic E-state index is 12.9. The molecule has 2 aromatic carbocycles. The molecular weight excluding hydrogens is 469 g/mol. The maximum absolute atomic E-state index is 12.9. The molecule has 34 heavy (non-hydrogen) atoms. The SMILES string of the molecule is Cc1ccc(OCCOc2cccc(/C=C3/C(=N)N4N=C(C(F)(F)F)SC4=NC3=O)c2)c(C)c1. The van der Waals surface area contributed by atoms with Crippen LogP contribution in [0.25, 0.3) is 6.08 Å². The van der Waals surface area contributed by atoms with E-state index in [1.165, 1.54) is 6.08 Å². The molecule has 176 valence electrons. The number of aryl methyl sites for hydroxylation is 2.